The molecule has 0 aliphatic heterocycles. The van der Waals surface area contributed by atoms with Crippen LogP contribution in [0.5, 0.6) is 0 Å². The second-order valence-electron chi connectivity index (χ2n) is 9.73. The fourth-order valence-electron chi connectivity index (χ4n) is 4.65. The van der Waals surface area contributed by atoms with Crippen molar-refractivity contribution in [3.63, 3.8) is 0 Å². The molecule has 0 aromatic heterocycles. The van der Waals surface area contributed by atoms with Crippen LogP contribution < -0.4 is 10.6 Å². The molecule has 2 amide bonds. The van der Waals surface area contributed by atoms with E-state index in [0.29, 0.717) is 19.3 Å². The summed E-state index contributed by atoms with van der Waals surface area (Å²) < 4.78 is 5.57. The van der Waals surface area contributed by atoms with E-state index in [4.69, 9.17) is 4.74 Å². The van der Waals surface area contributed by atoms with Gasteiger partial charge >= 0.3 is 12.1 Å². The fraction of sp³-hybridized carbons (Fsp3) is 0.464. The van der Waals surface area contributed by atoms with E-state index in [0.717, 1.165) is 0 Å². The van der Waals surface area contributed by atoms with Crippen molar-refractivity contribution >= 4 is 18.0 Å². The van der Waals surface area contributed by atoms with Crippen molar-refractivity contribution in [2.75, 3.05) is 13.2 Å². The van der Waals surface area contributed by atoms with Crippen LogP contribution in [0.15, 0.2) is 48.5 Å². The third kappa shape index (κ3) is 7.31. The van der Waals surface area contributed by atoms with E-state index in [-0.39, 0.29) is 43.4 Å². The molecular formula is C28H36N2O5. The first-order valence-corrected chi connectivity index (χ1v) is 12.4. The van der Waals surface area contributed by atoms with Crippen LogP contribution in [0.4, 0.5) is 4.79 Å². The number of carbonyl (C=O) groups is 3. The van der Waals surface area contributed by atoms with Gasteiger partial charge in [0, 0.05) is 24.9 Å². The average Bonchev–Trinajstić information content (AvgIpc) is 3.13. The number of hydrogen-bond acceptors (Lipinski definition) is 4. The average molecular weight is 481 g/mol. The molecule has 0 heterocycles. The summed E-state index contributed by atoms with van der Waals surface area (Å²) in [6.07, 6.45) is 1.54. The first kappa shape index (κ1) is 26.3. The highest BCUT2D eigenvalue weighted by Gasteiger charge is 2.29. The number of carbonyl (C=O) groups excluding carboxylic acids is 2. The molecular weight excluding hydrogens is 444 g/mol. The third-order valence-electron chi connectivity index (χ3n) is 6.40. The minimum atomic E-state index is -0.889. The van der Waals surface area contributed by atoms with Gasteiger partial charge in [-0.05, 0) is 54.4 Å². The minimum Gasteiger partial charge on any atom is -0.481 e. The summed E-state index contributed by atoms with van der Waals surface area (Å²) in [5.41, 5.74) is 4.70. The van der Waals surface area contributed by atoms with Crippen molar-refractivity contribution < 1.29 is 24.2 Å². The van der Waals surface area contributed by atoms with Gasteiger partial charge in [0.2, 0.25) is 5.91 Å². The molecule has 0 saturated heterocycles. The van der Waals surface area contributed by atoms with Crippen LogP contribution in [0.25, 0.3) is 11.1 Å². The molecule has 1 aliphatic carbocycles. The number of amides is 2. The third-order valence-corrected chi connectivity index (χ3v) is 6.40. The zero-order valence-corrected chi connectivity index (χ0v) is 20.8. The van der Waals surface area contributed by atoms with Gasteiger partial charge in [-0.3, -0.25) is 9.59 Å². The van der Waals surface area contributed by atoms with Crippen molar-refractivity contribution in [1.82, 2.24) is 10.6 Å². The molecule has 3 rings (SSSR count). The number of aliphatic carboxylic acids is 1. The lowest BCUT2D eigenvalue weighted by molar-refractivity contribution is -0.142. The second kappa shape index (κ2) is 12.4. The van der Waals surface area contributed by atoms with Gasteiger partial charge in [0.25, 0.3) is 0 Å². The summed E-state index contributed by atoms with van der Waals surface area (Å²) in [5, 5.41) is 14.8. The van der Waals surface area contributed by atoms with Crippen molar-refractivity contribution in [1.29, 1.82) is 0 Å². The van der Waals surface area contributed by atoms with Crippen molar-refractivity contribution in [3.05, 3.63) is 59.7 Å². The van der Waals surface area contributed by atoms with Gasteiger partial charge in [0.05, 0.1) is 5.92 Å². The normalized spacial score (nSPS) is 14.1. The molecule has 7 nitrogen and oxygen atoms in total. The molecule has 0 spiro atoms. The lowest BCUT2D eigenvalue weighted by Crippen LogP contribution is -2.35. The summed E-state index contributed by atoms with van der Waals surface area (Å²) in [5.74, 6) is -1.38. The van der Waals surface area contributed by atoms with Crippen LogP contribution in [0.2, 0.25) is 0 Å². The fourth-order valence-corrected chi connectivity index (χ4v) is 4.65. The first-order chi connectivity index (χ1) is 16.8. The van der Waals surface area contributed by atoms with E-state index in [1.54, 1.807) is 0 Å². The van der Waals surface area contributed by atoms with Crippen molar-refractivity contribution in [3.8, 4) is 11.1 Å². The van der Waals surface area contributed by atoms with Crippen LogP contribution in [0.3, 0.4) is 0 Å². The van der Waals surface area contributed by atoms with Gasteiger partial charge in [0.1, 0.15) is 6.61 Å². The Labute approximate surface area is 207 Å². The summed E-state index contributed by atoms with van der Waals surface area (Å²) >= 11 is 0. The van der Waals surface area contributed by atoms with E-state index in [1.165, 1.54) is 22.3 Å². The number of hydrogen-bond donors (Lipinski definition) is 3. The molecule has 2 unspecified atom stereocenters. The summed E-state index contributed by atoms with van der Waals surface area (Å²) in [6, 6.07) is 16.2. The predicted octanol–water partition coefficient (Wildman–Crippen LogP) is 4.95. The molecule has 0 bridgehead atoms. The first-order valence-electron chi connectivity index (χ1n) is 12.4. The maximum Gasteiger partial charge on any atom is 0.407 e. The van der Waals surface area contributed by atoms with Crippen LogP contribution in [0.1, 0.15) is 63.5 Å². The molecule has 3 N–H and O–H groups in total. The van der Waals surface area contributed by atoms with Crippen LogP contribution in [-0.4, -0.2) is 42.3 Å². The Kier molecular flexibility index (Phi) is 9.29. The topological polar surface area (TPSA) is 105 Å². The zero-order chi connectivity index (χ0) is 25.4. The van der Waals surface area contributed by atoms with E-state index < -0.39 is 18.0 Å². The predicted molar refractivity (Wildman–Crippen MR) is 135 cm³/mol. The van der Waals surface area contributed by atoms with Gasteiger partial charge in [-0.2, -0.15) is 0 Å². The molecule has 2 aromatic rings. The Morgan fingerprint density at radius 2 is 1.57 bits per heavy atom. The van der Waals surface area contributed by atoms with Crippen LogP contribution in [-0.2, 0) is 14.3 Å². The van der Waals surface area contributed by atoms with Crippen LogP contribution in [0, 0.1) is 11.8 Å². The zero-order valence-electron chi connectivity index (χ0n) is 20.8. The number of rotatable bonds is 12. The number of alkyl carbamates (subject to hydrolysis) is 1. The Balaban J connectivity index is 1.38. The highest BCUT2D eigenvalue weighted by molar-refractivity contribution is 5.79. The largest absolute Gasteiger partial charge is 0.481 e. The Bertz CT molecular complexity index is 990. The van der Waals surface area contributed by atoms with E-state index >= 15 is 0 Å². The molecule has 2 atom stereocenters. The SMILES string of the molecule is CC(C)CC(CNC(=O)CCCC(C)NC(=O)OCC1c2ccccc2-c2ccccc21)C(=O)O. The van der Waals surface area contributed by atoms with Gasteiger partial charge in [-0.15, -0.1) is 0 Å². The molecule has 35 heavy (non-hydrogen) atoms. The highest BCUT2D eigenvalue weighted by atomic mass is 16.5. The van der Waals surface area contributed by atoms with Crippen molar-refractivity contribution in [2.24, 2.45) is 11.8 Å². The number of nitrogens with one attached hydrogen (secondary N) is 2. The van der Waals surface area contributed by atoms with E-state index in [9.17, 15) is 19.5 Å². The summed E-state index contributed by atoms with van der Waals surface area (Å²) in [6.45, 7) is 6.20. The smallest absolute Gasteiger partial charge is 0.407 e. The number of fused-ring (bicyclic) bond motifs is 3. The lowest BCUT2D eigenvalue weighted by atomic mass is 9.97. The van der Waals surface area contributed by atoms with E-state index in [2.05, 4.69) is 34.9 Å². The number of carboxylic acid groups (broad SMARTS) is 1. The minimum absolute atomic E-state index is 0.0116. The second-order valence-corrected chi connectivity index (χ2v) is 9.73. The standard InChI is InChI=1S/C28H36N2O5/c1-18(2)15-20(27(32)33)16-29-26(31)14-8-9-19(3)30-28(34)35-17-25-23-12-6-4-10-21(23)22-11-5-7-13-24(22)25/h4-7,10-13,18-20,25H,8-9,14-17H2,1-3H3,(H,29,31)(H,30,34)(H,32,33). The maximum absolute atomic E-state index is 12.4. The van der Waals surface area contributed by atoms with Gasteiger partial charge in [-0.25, -0.2) is 4.79 Å². The van der Waals surface area contributed by atoms with Crippen LogP contribution >= 0.6 is 0 Å². The summed E-state index contributed by atoms with van der Waals surface area (Å²) in [7, 11) is 0. The van der Waals surface area contributed by atoms with Gasteiger partial charge in [-0.1, -0.05) is 62.4 Å². The maximum atomic E-state index is 12.4. The lowest BCUT2D eigenvalue weighted by Gasteiger charge is -2.17. The molecule has 0 radical (unpaired) electrons. The quantitative estimate of drug-likeness (QED) is 0.399. The number of ether oxygens (including phenoxy) is 1. The molecule has 1 aliphatic rings. The number of benzene rings is 2. The molecule has 0 fully saturated rings. The molecule has 7 heteroatoms. The Hall–Kier alpha value is -3.35. The van der Waals surface area contributed by atoms with Gasteiger partial charge < -0.3 is 20.5 Å². The molecule has 2 aromatic carbocycles. The Morgan fingerprint density at radius 3 is 2.14 bits per heavy atom. The van der Waals surface area contributed by atoms with E-state index in [1.807, 2.05) is 45.0 Å². The highest BCUT2D eigenvalue weighted by Crippen LogP contribution is 2.44. The monoisotopic (exact) mass is 480 g/mol. The molecule has 188 valence electrons. The Morgan fingerprint density at radius 1 is 0.971 bits per heavy atom. The van der Waals surface area contributed by atoms with Crippen molar-refractivity contribution in [2.45, 2.75) is 58.4 Å². The van der Waals surface area contributed by atoms with Gasteiger partial charge in [0.15, 0.2) is 0 Å². The summed E-state index contributed by atoms with van der Waals surface area (Å²) in [4.78, 5) is 35.8. The molecule has 0 saturated carbocycles. The number of carboxylic acids is 1.